The number of Topliss-reactive ketones (excluding diaryl/α,β-unsaturated/α-hetero) is 3. The molecule has 23 heteroatoms. The first-order valence-corrected chi connectivity index (χ1v) is 29.8. The Morgan fingerprint density at radius 3 is 1.17 bits per heavy atom. The van der Waals surface area contributed by atoms with Crippen LogP contribution < -0.4 is 31.9 Å². The molecule has 0 spiro atoms. The highest BCUT2D eigenvalue weighted by molar-refractivity contribution is 6.49. The predicted octanol–water partition coefficient (Wildman–Crippen LogP) is 11.8. The van der Waals surface area contributed by atoms with E-state index in [1.165, 1.54) is 54.6 Å². The summed E-state index contributed by atoms with van der Waals surface area (Å²) in [5.41, 5.74) is 3.93. The van der Waals surface area contributed by atoms with Gasteiger partial charge >= 0.3 is 0 Å². The number of ketones is 3. The topological polar surface area (TPSA) is 241 Å². The van der Waals surface area contributed by atoms with E-state index in [2.05, 4.69) is 31.9 Å². The highest BCUT2D eigenvalue weighted by Gasteiger charge is 2.38. The Morgan fingerprint density at radius 2 is 0.807 bits per heavy atom. The van der Waals surface area contributed by atoms with Gasteiger partial charge in [-0.1, -0.05) is 37.0 Å². The molecular weight excluding hydrogens is 1180 g/mol. The number of carbonyl (C=O) groups is 9. The van der Waals surface area contributed by atoms with E-state index in [1.54, 1.807) is 61.3 Å². The maximum atomic E-state index is 13.5. The van der Waals surface area contributed by atoms with Gasteiger partial charge in [0.15, 0.2) is 0 Å². The number of amides is 6. The molecule has 0 saturated heterocycles. The van der Waals surface area contributed by atoms with Crippen molar-refractivity contribution in [3.8, 4) is 0 Å². The third-order valence-corrected chi connectivity index (χ3v) is 16.3. The van der Waals surface area contributed by atoms with Gasteiger partial charge in [0, 0.05) is 70.4 Å². The quantitative estimate of drug-likeness (QED) is 0.0398. The molecule has 0 bridgehead atoms. The standard InChI is InChI=1S/C22H25ClFN3O3.C22H26FN3O3.C21H23ClFN3O3/c1-5-22(3,4)26-21(30)19(28)18-17(23)16(15-7-6-10-27(15)18)20(29)25-13-8-9-14(24)12(2)11-13;1-5-22(3,4)25-21(29)19(27)18-12-15(17-7-6-10-26(17)18)20(28)24-14-8-9-16(23)13(2)11-14;1-11-10-12(7-8-13(11)23)24-19(28)15-14-6-5-9-26(14)17(16(15)22)18(27)20(29)25-21(2,3)4/h8-9,11H,5-7,10H2,1-4H3,(H,25,29)(H,26,30);8-9,11-12H,5-7,10H2,1-4H3,(H,24,28)(H,25,29);7-8,10H,5-6,9H2,1-4H3,(H,24,28)(H,25,29). The lowest BCUT2D eigenvalue weighted by molar-refractivity contribution is -0.119. The van der Waals surface area contributed by atoms with E-state index in [-0.39, 0.29) is 61.6 Å². The molecule has 6 amide bonds. The Bertz CT molecular complexity index is 3830. The van der Waals surface area contributed by atoms with Crippen molar-refractivity contribution in [1.29, 1.82) is 0 Å². The fourth-order valence-corrected chi connectivity index (χ4v) is 11.1. The number of nitrogens with zero attached hydrogens (tertiary/aromatic N) is 3. The second-order valence-electron chi connectivity index (χ2n) is 24.5. The monoisotopic (exact) mass is 1250 g/mol. The molecule has 0 radical (unpaired) electrons. The lowest BCUT2D eigenvalue weighted by atomic mass is 10.0. The summed E-state index contributed by atoms with van der Waals surface area (Å²) in [4.78, 5) is 115. The van der Waals surface area contributed by atoms with Gasteiger partial charge < -0.3 is 45.6 Å². The lowest BCUT2D eigenvalue weighted by Crippen LogP contribution is -2.46. The van der Waals surface area contributed by atoms with Crippen LogP contribution in [-0.2, 0) is 53.3 Å². The van der Waals surface area contributed by atoms with E-state index in [9.17, 15) is 56.3 Å². The van der Waals surface area contributed by atoms with Crippen molar-refractivity contribution < 1.29 is 56.3 Å². The van der Waals surface area contributed by atoms with E-state index in [1.807, 2.05) is 41.5 Å². The fourth-order valence-electron chi connectivity index (χ4n) is 10.3. The minimum absolute atomic E-state index is 0.0290. The molecule has 9 rings (SSSR count). The average molecular weight is 1250 g/mol. The fraction of sp³-hybridized carbons (Fsp3) is 0.400. The summed E-state index contributed by atoms with van der Waals surface area (Å²) in [6.45, 7) is 22.9. The van der Waals surface area contributed by atoms with Crippen LogP contribution in [0.15, 0.2) is 60.7 Å². The average Bonchev–Trinajstić information content (AvgIpc) is 1.69. The van der Waals surface area contributed by atoms with Crippen molar-refractivity contribution >= 4 is 93.1 Å². The largest absolute Gasteiger partial charge is 0.345 e. The minimum Gasteiger partial charge on any atom is -0.345 e. The van der Waals surface area contributed by atoms with Gasteiger partial charge in [-0.05, 0) is 198 Å². The van der Waals surface area contributed by atoms with E-state index >= 15 is 0 Å². The number of hydrogen-bond acceptors (Lipinski definition) is 9. The maximum absolute atomic E-state index is 13.5. The summed E-state index contributed by atoms with van der Waals surface area (Å²) < 4.78 is 45.5. The molecule has 3 aliphatic rings. The number of benzene rings is 3. The second-order valence-corrected chi connectivity index (χ2v) is 25.2. The van der Waals surface area contributed by atoms with Crippen molar-refractivity contribution in [3.63, 3.8) is 0 Å². The third-order valence-electron chi connectivity index (χ3n) is 15.6. The Balaban J connectivity index is 0.000000188. The van der Waals surface area contributed by atoms with Crippen molar-refractivity contribution in [1.82, 2.24) is 29.7 Å². The Morgan fingerprint density at radius 1 is 0.466 bits per heavy atom. The molecule has 468 valence electrons. The van der Waals surface area contributed by atoms with Gasteiger partial charge in [-0.25, -0.2) is 13.2 Å². The number of halogens is 5. The zero-order valence-corrected chi connectivity index (χ0v) is 53.0. The molecule has 0 atom stereocenters. The van der Waals surface area contributed by atoms with Crippen LogP contribution >= 0.6 is 23.2 Å². The summed E-state index contributed by atoms with van der Waals surface area (Å²) in [5, 5.41) is 16.2. The van der Waals surface area contributed by atoms with Gasteiger partial charge in [0.2, 0.25) is 0 Å². The van der Waals surface area contributed by atoms with E-state index < -0.39 is 63.5 Å². The minimum atomic E-state index is -0.773. The molecule has 3 aliphatic heterocycles. The van der Waals surface area contributed by atoms with Crippen LogP contribution in [0.4, 0.5) is 30.2 Å². The zero-order chi connectivity index (χ0) is 65.1. The normalized spacial score (nSPS) is 13.1. The molecule has 0 saturated carbocycles. The van der Waals surface area contributed by atoms with Crippen LogP contribution in [0.2, 0.25) is 10.0 Å². The molecule has 6 N–H and O–H groups in total. The molecule has 3 aromatic carbocycles. The summed E-state index contributed by atoms with van der Waals surface area (Å²) in [6.07, 6.45) is 5.41. The first kappa shape index (κ1) is 67.2. The molecule has 0 unspecified atom stereocenters. The van der Waals surface area contributed by atoms with Crippen LogP contribution in [0.3, 0.4) is 0 Å². The molecule has 6 aromatic rings. The highest BCUT2D eigenvalue weighted by atomic mass is 35.5. The molecule has 18 nitrogen and oxygen atoms in total. The van der Waals surface area contributed by atoms with E-state index in [0.717, 1.165) is 25.0 Å². The Labute approximate surface area is 519 Å². The van der Waals surface area contributed by atoms with Gasteiger partial charge in [-0.2, -0.15) is 0 Å². The Hall–Kier alpha value is -8.30. The smallest absolute Gasteiger partial charge is 0.294 e. The van der Waals surface area contributed by atoms with Gasteiger partial charge in [-0.15, -0.1) is 0 Å². The summed E-state index contributed by atoms with van der Waals surface area (Å²) in [6, 6.07) is 14.3. The van der Waals surface area contributed by atoms with Gasteiger partial charge in [0.1, 0.15) is 28.8 Å². The van der Waals surface area contributed by atoms with E-state index in [4.69, 9.17) is 23.2 Å². The summed E-state index contributed by atoms with van der Waals surface area (Å²) in [5.74, 6) is -6.84. The second kappa shape index (κ2) is 27.0. The first-order chi connectivity index (χ1) is 41.2. The third kappa shape index (κ3) is 15.1. The molecule has 88 heavy (non-hydrogen) atoms. The van der Waals surface area contributed by atoms with Crippen molar-refractivity contribution in [2.75, 3.05) is 16.0 Å². The SMILES string of the molecule is CCC(C)(C)NC(=O)C(=O)c1c(Cl)c(C(=O)Nc2ccc(F)c(C)c2)c2n1CCC2.CCC(C)(C)NC(=O)C(=O)c1cc(C(=O)Nc2ccc(F)c(C)c2)c2n1CCC2.Cc1cc(NC(=O)c2c(Cl)c(C(=O)C(=O)NC(C)(C)C)n3c2CCC3)ccc1F. The molecular formula is C65H74Cl2F3N9O9. The van der Waals surface area contributed by atoms with Gasteiger partial charge in [-0.3, -0.25) is 43.2 Å². The first-order valence-electron chi connectivity index (χ1n) is 29.0. The predicted molar refractivity (Wildman–Crippen MR) is 331 cm³/mol. The zero-order valence-electron chi connectivity index (χ0n) is 51.5. The van der Waals surface area contributed by atoms with Crippen LogP contribution in [0.5, 0.6) is 0 Å². The molecule has 3 aromatic heterocycles. The lowest BCUT2D eigenvalue weighted by Gasteiger charge is -2.24. The number of anilines is 3. The number of aryl methyl sites for hydroxylation is 3. The van der Waals surface area contributed by atoms with Crippen LogP contribution in [-0.4, -0.2) is 83.1 Å². The highest BCUT2D eigenvalue weighted by Crippen LogP contribution is 2.36. The Kier molecular flexibility index (Phi) is 20.6. The summed E-state index contributed by atoms with van der Waals surface area (Å²) in [7, 11) is 0. The maximum Gasteiger partial charge on any atom is 0.294 e. The molecule has 6 heterocycles. The van der Waals surface area contributed by atoms with Crippen LogP contribution in [0.1, 0.15) is 191 Å². The van der Waals surface area contributed by atoms with E-state index in [0.29, 0.717) is 102 Å². The van der Waals surface area contributed by atoms with Crippen molar-refractivity contribution in [3.05, 3.63) is 156 Å². The molecule has 0 fully saturated rings. The van der Waals surface area contributed by atoms with Crippen molar-refractivity contribution in [2.24, 2.45) is 0 Å². The van der Waals surface area contributed by atoms with Gasteiger partial charge in [0.25, 0.3) is 52.8 Å². The number of rotatable bonds is 16. The number of hydrogen-bond donors (Lipinski definition) is 6. The number of nitrogens with one attached hydrogen (secondary N) is 6. The number of aromatic nitrogens is 3. The van der Waals surface area contributed by atoms with Crippen LogP contribution in [0, 0.1) is 38.2 Å². The van der Waals surface area contributed by atoms with Crippen molar-refractivity contribution in [2.45, 2.75) is 171 Å². The number of carbonyl (C=O) groups excluding carboxylic acids is 9. The summed E-state index contributed by atoms with van der Waals surface area (Å²) >= 11 is 12.9. The van der Waals surface area contributed by atoms with Gasteiger partial charge in [0.05, 0.1) is 32.4 Å². The number of fused-ring (bicyclic) bond motifs is 3. The van der Waals surface area contributed by atoms with Crippen LogP contribution in [0.25, 0.3) is 0 Å². The molecule has 0 aliphatic carbocycles.